The van der Waals surface area contributed by atoms with Gasteiger partial charge in [0.15, 0.2) is 10.5 Å². The van der Waals surface area contributed by atoms with Crippen molar-refractivity contribution in [1.29, 1.82) is 0 Å². The SMILES string of the molecule is Cc1c(Cl)ccc2sc(=NC(=O)c3cc(C)n(C(C)C)n3)n(C)c12. The fraction of sp³-hybridized carbons (Fsp3) is 0.353. The maximum Gasteiger partial charge on any atom is 0.300 e. The Morgan fingerprint density at radius 3 is 2.67 bits per heavy atom. The van der Waals surface area contributed by atoms with Crippen LogP contribution in [0.3, 0.4) is 0 Å². The van der Waals surface area contributed by atoms with Gasteiger partial charge in [-0.1, -0.05) is 22.9 Å². The van der Waals surface area contributed by atoms with E-state index in [9.17, 15) is 4.79 Å². The van der Waals surface area contributed by atoms with Crippen LogP contribution in [-0.4, -0.2) is 20.3 Å². The van der Waals surface area contributed by atoms with E-state index in [2.05, 4.69) is 10.1 Å². The Hall–Kier alpha value is -1.92. The minimum atomic E-state index is -0.330. The predicted molar refractivity (Wildman–Crippen MR) is 97.8 cm³/mol. The van der Waals surface area contributed by atoms with Crippen molar-refractivity contribution in [2.45, 2.75) is 33.7 Å². The van der Waals surface area contributed by atoms with Crippen LogP contribution >= 0.6 is 22.9 Å². The van der Waals surface area contributed by atoms with Gasteiger partial charge in [0, 0.05) is 23.8 Å². The summed E-state index contributed by atoms with van der Waals surface area (Å²) >= 11 is 7.67. The van der Waals surface area contributed by atoms with Crippen molar-refractivity contribution in [3.05, 3.63) is 45.0 Å². The molecule has 0 aliphatic rings. The predicted octanol–water partition coefficient (Wildman–Crippen LogP) is 4.03. The molecule has 3 rings (SSSR count). The average molecular weight is 363 g/mol. The number of carbonyl (C=O) groups is 1. The lowest BCUT2D eigenvalue weighted by molar-refractivity contribution is 0.0992. The second-order valence-electron chi connectivity index (χ2n) is 6.09. The molecule has 0 fully saturated rings. The molecule has 3 aromatic rings. The summed E-state index contributed by atoms with van der Waals surface area (Å²) in [7, 11) is 1.90. The normalized spacial score (nSPS) is 12.5. The first-order valence-electron chi connectivity index (χ1n) is 7.69. The number of amides is 1. The third kappa shape index (κ3) is 2.80. The Kier molecular flexibility index (Phi) is 4.36. The first-order valence-corrected chi connectivity index (χ1v) is 8.89. The van der Waals surface area contributed by atoms with Gasteiger partial charge in [-0.05, 0) is 51.5 Å². The zero-order valence-corrected chi connectivity index (χ0v) is 15.9. The molecule has 0 unspecified atom stereocenters. The minimum absolute atomic E-state index is 0.205. The molecule has 0 aliphatic carbocycles. The number of benzene rings is 1. The molecule has 0 saturated carbocycles. The second-order valence-corrected chi connectivity index (χ2v) is 7.51. The molecular weight excluding hydrogens is 344 g/mol. The van der Waals surface area contributed by atoms with Crippen molar-refractivity contribution < 1.29 is 4.79 Å². The topological polar surface area (TPSA) is 52.2 Å². The Bertz CT molecular complexity index is 1010. The monoisotopic (exact) mass is 362 g/mol. The summed E-state index contributed by atoms with van der Waals surface area (Å²) < 4.78 is 4.79. The van der Waals surface area contributed by atoms with Crippen LogP contribution in [0.5, 0.6) is 0 Å². The van der Waals surface area contributed by atoms with Crippen LogP contribution in [0.15, 0.2) is 23.2 Å². The standard InChI is InChI=1S/C17H19ClN4OS/c1-9(2)22-10(3)8-13(20-22)16(23)19-17-21(5)15-11(4)12(18)6-7-14(15)24-17/h6-9H,1-5H3. The highest BCUT2D eigenvalue weighted by molar-refractivity contribution is 7.16. The van der Waals surface area contributed by atoms with E-state index >= 15 is 0 Å². The van der Waals surface area contributed by atoms with Crippen LogP contribution in [0.25, 0.3) is 10.2 Å². The zero-order valence-electron chi connectivity index (χ0n) is 14.3. The van der Waals surface area contributed by atoms with Crippen LogP contribution in [0, 0.1) is 13.8 Å². The molecule has 126 valence electrons. The third-order valence-corrected chi connectivity index (χ3v) is 5.49. The lowest BCUT2D eigenvalue weighted by Gasteiger charge is -2.06. The molecule has 0 N–H and O–H groups in total. The summed E-state index contributed by atoms with van der Waals surface area (Å²) in [4.78, 5) is 17.4. The number of aromatic nitrogens is 3. The Balaban J connectivity index is 2.10. The number of carbonyl (C=O) groups excluding carboxylic acids is 1. The summed E-state index contributed by atoms with van der Waals surface area (Å²) in [6.07, 6.45) is 0. The number of rotatable bonds is 2. The zero-order chi connectivity index (χ0) is 17.6. The Morgan fingerprint density at radius 1 is 1.33 bits per heavy atom. The van der Waals surface area contributed by atoms with Gasteiger partial charge in [-0.2, -0.15) is 10.1 Å². The summed E-state index contributed by atoms with van der Waals surface area (Å²) in [5, 5.41) is 5.08. The lowest BCUT2D eigenvalue weighted by atomic mass is 10.2. The number of halogens is 1. The van der Waals surface area contributed by atoms with Crippen LogP contribution in [0.2, 0.25) is 5.02 Å². The molecule has 1 aromatic carbocycles. The lowest BCUT2D eigenvalue weighted by Crippen LogP contribution is -2.14. The van der Waals surface area contributed by atoms with Gasteiger partial charge in [-0.15, -0.1) is 0 Å². The molecular formula is C17H19ClN4OS. The molecule has 7 heteroatoms. The molecule has 5 nitrogen and oxygen atoms in total. The van der Waals surface area contributed by atoms with Gasteiger partial charge in [0.05, 0.1) is 10.2 Å². The van der Waals surface area contributed by atoms with E-state index in [1.54, 1.807) is 6.07 Å². The van der Waals surface area contributed by atoms with Gasteiger partial charge < -0.3 is 4.57 Å². The van der Waals surface area contributed by atoms with Crippen LogP contribution < -0.4 is 4.80 Å². The van der Waals surface area contributed by atoms with E-state index in [0.717, 1.165) is 21.5 Å². The van der Waals surface area contributed by atoms with Gasteiger partial charge in [-0.3, -0.25) is 9.48 Å². The fourth-order valence-corrected chi connectivity index (χ4v) is 4.00. The smallest absolute Gasteiger partial charge is 0.300 e. The minimum Gasteiger partial charge on any atom is -0.319 e. The van der Waals surface area contributed by atoms with Crippen molar-refractivity contribution >= 4 is 39.1 Å². The number of fused-ring (bicyclic) bond motifs is 1. The summed E-state index contributed by atoms with van der Waals surface area (Å²) in [5.74, 6) is -0.330. The molecule has 0 atom stereocenters. The van der Waals surface area contributed by atoms with Crippen molar-refractivity contribution in [2.75, 3.05) is 0 Å². The average Bonchev–Trinajstić information content (AvgIpc) is 3.05. The van der Waals surface area contributed by atoms with E-state index < -0.39 is 0 Å². The van der Waals surface area contributed by atoms with Crippen molar-refractivity contribution in [3.63, 3.8) is 0 Å². The summed E-state index contributed by atoms with van der Waals surface area (Å²) in [5.41, 5.74) is 3.31. The molecule has 1 amide bonds. The van der Waals surface area contributed by atoms with Gasteiger partial charge in [-0.25, -0.2) is 0 Å². The number of thiazole rings is 1. The molecule has 0 saturated heterocycles. The molecule has 2 heterocycles. The highest BCUT2D eigenvalue weighted by Crippen LogP contribution is 2.26. The molecule has 0 aliphatic heterocycles. The van der Waals surface area contributed by atoms with Gasteiger partial charge in [0.1, 0.15) is 0 Å². The van der Waals surface area contributed by atoms with E-state index in [4.69, 9.17) is 11.6 Å². The second kappa shape index (κ2) is 6.18. The van der Waals surface area contributed by atoms with E-state index in [-0.39, 0.29) is 11.9 Å². The van der Waals surface area contributed by atoms with Crippen LogP contribution in [0.1, 0.15) is 41.6 Å². The van der Waals surface area contributed by atoms with E-state index in [0.29, 0.717) is 15.5 Å². The van der Waals surface area contributed by atoms with Crippen molar-refractivity contribution in [1.82, 2.24) is 14.3 Å². The number of hydrogen-bond donors (Lipinski definition) is 0. The van der Waals surface area contributed by atoms with E-state index in [1.807, 2.05) is 56.1 Å². The first-order chi connectivity index (χ1) is 11.3. The number of aryl methyl sites for hydroxylation is 3. The number of nitrogens with zero attached hydrogens (tertiary/aromatic N) is 4. The summed E-state index contributed by atoms with van der Waals surface area (Å²) in [6, 6.07) is 5.81. The third-order valence-electron chi connectivity index (χ3n) is 3.98. The Morgan fingerprint density at radius 2 is 2.04 bits per heavy atom. The first kappa shape index (κ1) is 16.9. The highest BCUT2D eigenvalue weighted by Gasteiger charge is 2.14. The molecule has 24 heavy (non-hydrogen) atoms. The molecule has 0 radical (unpaired) electrons. The van der Waals surface area contributed by atoms with Crippen molar-refractivity contribution in [2.24, 2.45) is 12.0 Å². The number of hydrogen-bond acceptors (Lipinski definition) is 3. The van der Waals surface area contributed by atoms with Crippen LogP contribution in [-0.2, 0) is 7.05 Å². The van der Waals surface area contributed by atoms with E-state index in [1.165, 1.54) is 11.3 Å². The van der Waals surface area contributed by atoms with Crippen LogP contribution in [0.4, 0.5) is 0 Å². The Labute approximate surface area is 149 Å². The maximum absolute atomic E-state index is 12.5. The highest BCUT2D eigenvalue weighted by atomic mass is 35.5. The fourth-order valence-electron chi connectivity index (χ4n) is 2.77. The van der Waals surface area contributed by atoms with Gasteiger partial charge in [0.2, 0.25) is 0 Å². The maximum atomic E-state index is 12.5. The van der Waals surface area contributed by atoms with Gasteiger partial charge >= 0.3 is 0 Å². The quantitative estimate of drug-likeness (QED) is 0.691. The van der Waals surface area contributed by atoms with Gasteiger partial charge in [0.25, 0.3) is 5.91 Å². The molecule has 0 spiro atoms. The largest absolute Gasteiger partial charge is 0.319 e. The molecule has 2 aromatic heterocycles. The van der Waals surface area contributed by atoms with Crippen molar-refractivity contribution in [3.8, 4) is 0 Å². The molecule has 0 bridgehead atoms. The summed E-state index contributed by atoms with van der Waals surface area (Å²) in [6.45, 7) is 7.97.